The Labute approximate surface area is 180 Å². The summed E-state index contributed by atoms with van der Waals surface area (Å²) in [6.45, 7) is 1.13. The number of rotatable bonds is 8. The third-order valence-electron chi connectivity index (χ3n) is 5.16. The van der Waals surface area contributed by atoms with E-state index in [1.54, 1.807) is 26.6 Å². The quantitative estimate of drug-likeness (QED) is 0.540. The number of benzene rings is 2. The van der Waals surface area contributed by atoms with Crippen molar-refractivity contribution in [2.75, 3.05) is 39.4 Å². The molecule has 1 aliphatic heterocycles. The Bertz CT molecular complexity index is 1040. The molecule has 0 saturated carbocycles. The number of hydrogen-bond donors (Lipinski definition) is 2. The maximum absolute atomic E-state index is 13.0. The molecule has 0 saturated heterocycles. The Morgan fingerprint density at radius 1 is 1.19 bits per heavy atom. The van der Waals surface area contributed by atoms with E-state index in [0.29, 0.717) is 37.7 Å². The molecule has 1 aromatic heterocycles. The van der Waals surface area contributed by atoms with Crippen molar-refractivity contribution in [3.05, 3.63) is 54.4 Å². The highest BCUT2D eigenvalue weighted by atomic mass is 16.5. The van der Waals surface area contributed by atoms with Crippen LogP contribution in [0.25, 0.3) is 11.1 Å². The minimum absolute atomic E-state index is 0.124. The number of H-pyrrole nitrogens is 1. The van der Waals surface area contributed by atoms with Gasteiger partial charge in [-0.2, -0.15) is 5.10 Å². The number of methoxy groups -OCH3 is 2. The van der Waals surface area contributed by atoms with Gasteiger partial charge in [-0.3, -0.25) is 9.89 Å². The number of nitrogens with one attached hydrogen (secondary N) is 2. The summed E-state index contributed by atoms with van der Waals surface area (Å²) in [6, 6.07) is 11.3. The molecule has 8 nitrogen and oxygen atoms in total. The van der Waals surface area contributed by atoms with Crippen LogP contribution in [0.4, 0.5) is 5.69 Å². The summed E-state index contributed by atoms with van der Waals surface area (Å²) < 4.78 is 22.0. The minimum Gasteiger partial charge on any atom is -0.497 e. The highest BCUT2D eigenvalue weighted by Crippen LogP contribution is 2.33. The van der Waals surface area contributed by atoms with Gasteiger partial charge >= 0.3 is 0 Å². The first-order chi connectivity index (χ1) is 15.2. The third-order valence-corrected chi connectivity index (χ3v) is 5.16. The van der Waals surface area contributed by atoms with Crippen LogP contribution >= 0.6 is 0 Å². The molecule has 0 spiro atoms. The van der Waals surface area contributed by atoms with E-state index >= 15 is 0 Å². The molecular weight excluding hydrogens is 398 g/mol. The van der Waals surface area contributed by atoms with E-state index in [1.165, 1.54) is 0 Å². The summed E-state index contributed by atoms with van der Waals surface area (Å²) in [5.41, 5.74) is 3.42. The number of hydrogen-bond acceptors (Lipinski definition) is 6. The van der Waals surface area contributed by atoms with Gasteiger partial charge < -0.3 is 24.3 Å². The lowest BCUT2D eigenvalue weighted by atomic mass is 9.95. The molecule has 1 amide bonds. The van der Waals surface area contributed by atoms with E-state index in [1.807, 2.05) is 36.4 Å². The number of carbonyl (C=O) groups excluding carboxylic acids is 1. The van der Waals surface area contributed by atoms with E-state index in [-0.39, 0.29) is 11.8 Å². The van der Waals surface area contributed by atoms with E-state index in [0.717, 1.165) is 28.2 Å². The van der Waals surface area contributed by atoms with Gasteiger partial charge in [-0.1, -0.05) is 6.07 Å². The first kappa shape index (κ1) is 20.7. The summed E-state index contributed by atoms with van der Waals surface area (Å²) in [5.74, 6) is 1.66. The molecule has 8 heteroatoms. The van der Waals surface area contributed by atoms with Gasteiger partial charge in [-0.25, -0.2) is 0 Å². The molecule has 162 valence electrons. The average molecular weight is 423 g/mol. The van der Waals surface area contributed by atoms with Crippen molar-refractivity contribution < 1.29 is 23.7 Å². The van der Waals surface area contributed by atoms with Crippen molar-refractivity contribution >= 4 is 11.6 Å². The van der Waals surface area contributed by atoms with Crippen LogP contribution in [0.3, 0.4) is 0 Å². The number of nitrogens with zero attached hydrogens (tertiary/aromatic N) is 1. The fourth-order valence-corrected chi connectivity index (χ4v) is 3.47. The second-order valence-electron chi connectivity index (χ2n) is 7.21. The van der Waals surface area contributed by atoms with Crippen molar-refractivity contribution in [2.45, 2.75) is 6.42 Å². The molecule has 2 heterocycles. The second kappa shape index (κ2) is 9.53. The number of aromatic nitrogens is 2. The lowest BCUT2D eigenvalue weighted by Gasteiger charge is -2.25. The molecule has 2 N–H and O–H groups in total. The maximum Gasteiger partial charge on any atom is 0.231 e. The Hall–Kier alpha value is -3.52. The van der Waals surface area contributed by atoms with E-state index < -0.39 is 0 Å². The molecule has 0 bridgehead atoms. The van der Waals surface area contributed by atoms with Crippen molar-refractivity contribution in [3.8, 4) is 28.4 Å². The second-order valence-corrected chi connectivity index (χ2v) is 7.21. The zero-order valence-corrected chi connectivity index (χ0v) is 17.5. The summed E-state index contributed by atoms with van der Waals surface area (Å²) in [6.07, 6.45) is 4.11. The monoisotopic (exact) mass is 423 g/mol. The van der Waals surface area contributed by atoms with Crippen LogP contribution in [-0.2, 0) is 16.0 Å². The lowest BCUT2D eigenvalue weighted by molar-refractivity contribution is -0.121. The molecule has 1 unspecified atom stereocenters. The summed E-state index contributed by atoms with van der Waals surface area (Å²) in [5, 5.41) is 9.79. The van der Waals surface area contributed by atoms with Gasteiger partial charge in [-0.05, 0) is 47.9 Å². The van der Waals surface area contributed by atoms with Gasteiger partial charge in [0.25, 0.3) is 0 Å². The molecule has 0 radical (unpaired) electrons. The molecule has 1 aliphatic rings. The van der Waals surface area contributed by atoms with Crippen LogP contribution in [0.2, 0.25) is 0 Å². The normalized spacial score (nSPS) is 15.0. The predicted octanol–water partition coefficient (Wildman–Crippen LogP) is 3.30. The Kier molecular flexibility index (Phi) is 6.37. The van der Waals surface area contributed by atoms with Crippen molar-refractivity contribution in [3.63, 3.8) is 0 Å². The number of ether oxygens (including phenoxy) is 4. The highest BCUT2D eigenvalue weighted by molar-refractivity contribution is 5.95. The minimum atomic E-state index is -0.319. The topological polar surface area (TPSA) is 94.7 Å². The van der Waals surface area contributed by atoms with Crippen molar-refractivity contribution in [1.29, 1.82) is 0 Å². The van der Waals surface area contributed by atoms with Gasteiger partial charge in [0.15, 0.2) is 0 Å². The molecule has 31 heavy (non-hydrogen) atoms. The fourth-order valence-electron chi connectivity index (χ4n) is 3.47. The molecule has 0 fully saturated rings. The lowest BCUT2D eigenvalue weighted by Crippen LogP contribution is -2.32. The molecule has 3 aromatic rings. The predicted molar refractivity (Wildman–Crippen MR) is 116 cm³/mol. The van der Waals surface area contributed by atoms with Crippen molar-refractivity contribution in [1.82, 2.24) is 10.2 Å². The van der Waals surface area contributed by atoms with Gasteiger partial charge in [0, 0.05) is 18.9 Å². The smallest absolute Gasteiger partial charge is 0.231 e. The average Bonchev–Trinajstić information content (AvgIpc) is 3.34. The SMILES string of the molecule is COCCOc1cc(-c2cn[nH]c2)ccc1NC(=O)C1COc2ccc(OC)cc2C1. The Morgan fingerprint density at radius 2 is 2.10 bits per heavy atom. The van der Waals surface area contributed by atoms with Crippen LogP contribution in [0.5, 0.6) is 17.2 Å². The fraction of sp³-hybridized carbons (Fsp3) is 0.304. The van der Waals surface area contributed by atoms with E-state index in [2.05, 4.69) is 15.5 Å². The van der Waals surface area contributed by atoms with Crippen LogP contribution in [0.1, 0.15) is 5.56 Å². The zero-order chi connectivity index (χ0) is 21.6. The summed E-state index contributed by atoms with van der Waals surface area (Å²) >= 11 is 0. The van der Waals surface area contributed by atoms with Crippen LogP contribution in [-0.4, -0.2) is 50.1 Å². The van der Waals surface area contributed by atoms with Crippen LogP contribution < -0.4 is 19.5 Å². The number of carbonyl (C=O) groups is 1. The number of aromatic amines is 1. The van der Waals surface area contributed by atoms with E-state index in [9.17, 15) is 4.79 Å². The maximum atomic E-state index is 13.0. The van der Waals surface area contributed by atoms with Crippen LogP contribution in [0.15, 0.2) is 48.8 Å². The number of anilines is 1. The van der Waals surface area contributed by atoms with Crippen LogP contribution in [0, 0.1) is 5.92 Å². The Balaban J connectivity index is 1.51. The zero-order valence-electron chi connectivity index (χ0n) is 17.5. The van der Waals surface area contributed by atoms with Gasteiger partial charge in [-0.15, -0.1) is 0 Å². The Morgan fingerprint density at radius 3 is 2.87 bits per heavy atom. The molecule has 1 atom stereocenters. The molecular formula is C23H25N3O5. The van der Waals surface area contributed by atoms with Crippen molar-refractivity contribution in [2.24, 2.45) is 5.92 Å². The van der Waals surface area contributed by atoms with E-state index in [4.69, 9.17) is 18.9 Å². The summed E-state index contributed by atoms with van der Waals surface area (Å²) in [7, 11) is 3.23. The highest BCUT2D eigenvalue weighted by Gasteiger charge is 2.27. The summed E-state index contributed by atoms with van der Waals surface area (Å²) in [4.78, 5) is 13.0. The third kappa shape index (κ3) is 4.80. The number of fused-ring (bicyclic) bond motifs is 1. The first-order valence-electron chi connectivity index (χ1n) is 10.0. The first-order valence-corrected chi connectivity index (χ1v) is 10.0. The standard InChI is InChI=1S/C23H25N3O5/c1-28-7-8-30-22-11-15(18-12-24-25-13-18)3-5-20(22)26-23(27)17-9-16-10-19(29-2)4-6-21(16)31-14-17/h3-6,10-13,17H,7-9,14H2,1-2H3,(H,24,25)(H,26,27). The van der Waals surface area contributed by atoms with Gasteiger partial charge in [0.05, 0.1) is 31.5 Å². The van der Waals surface area contributed by atoms with Gasteiger partial charge in [0.1, 0.15) is 30.5 Å². The van der Waals surface area contributed by atoms with Gasteiger partial charge in [0.2, 0.25) is 5.91 Å². The largest absolute Gasteiger partial charge is 0.497 e. The molecule has 0 aliphatic carbocycles. The molecule has 4 rings (SSSR count). The molecule has 2 aromatic carbocycles. The number of amides is 1.